The van der Waals surface area contributed by atoms with Gasteiger partial charge in [-0.1, -0.05) is 48.0 Å². The molecule has 2 aromatic carbocycles. The number of rotatable bonds is 3. The van der Waals surface area contributed by atoms with Gasteiger partial charge in [-0.15, -0.1) is 0 Å². The maximum atomic E-state index is 4.63. The van der Waals surface area contributed by atoms with Crippen molar-refractivity contribution in [2.24, 2.45) is 0 Å². The van der Waals surface area contributed by atoms with E-state index >= 15 is 0 Å². The van der Waals surface area contributed by atoms with Crippen LogP contribution in [-0.2, 0) is 6.42 Å². The molecule has 0 aliphatic heterocycles. The van der Waals surface area contributed by atoms with Crippen molar-refractivity contribution in [3.63, 3.8) is 0 Å². The summed E-state index contributed by atoms with van der Waals surface area (Å²) >= 11 is 0. The first-order valence-electron chi connectivity index (χ1n) is 8.96. The second-order valence-electron chi connectivity index (χ2n) is 6.84. The van der Waals surface area contributed by atoms with Gasteiger partial charge in [-0.3, -0.25) is 0 Å². The number of nitrogens with zero attached hydrogens (tertiary/aromatic N) is 2. The van der Waals surface area contributed by atoms with Crippen LogP contribution in [0.1, 0.15) is 41.4 Å². The molecule has 1 N–H and O–H groups in total. The van der Waals surface area contributed by atoms with E-state index in [9.17, 15) is 0 Å². The second-order valence-corrected chi connectivity index (χ2v) is 6.84. The summed E-state index contributed by atoms with van der Waals surface area (Å²) in [4.78, 5) is 9.26. The first-order valence-corrected chi connectivity index (χ1v) is 8.96. The summed E-state index contributed by atoms with van der Waals surface area (Å²) in [6, 6.07) is 19.6. The number of aromatic nitrogens is 2. The number of nitrogens with one attached hydrogen (secondary N) is 1. The van der Waals surface area contributed by atoms with Gasteiger partial charge in [0.05, 0.1) is 11.7 Å². The third-order valence-corrected chi connectivity index (χ3v) is 4.84. The summed E-state index contributed by atoms with van der Waals surface area (Å²) < 4.78 is 0. The lowest BCUT2D eigenvalue weighted by Gasteiger charge is -2.27. The van der Waals surface area contributed by atoms with Crippen LogP contribution in [0.4, 0.5) is 5.82 Å². The normalized spacial score (nSPS) is 16.3. The molecule has 0 radical (unpaired) electrons. The van der Waals surface area contributed by atoms with Gasteiger partial charge in [0.2, 0.25) is 0 Å². The standard InChI is InChI=1S/C22H23N3/c1-15-7-5-10-18(13-15)21-14-22(24-16(2)23-21)25-20-12-6-9-17-8-3-4-11-19(17)20/h3-5,7-8,10-11,13-14,20H,6,9,12H2,1-2H3,(H,23,24,25)/t20-/m1/s1. The molecule has 4 rings (SSSR count). The van der Waals surface area contributed by atoms with Crippen molar-refractivity contribution < 1.29 is 0 Å². The lowest BCUT2D eigenvalue weighted by atomic mass is 9.88. The van der Waals surface area contributed by atoms with Gasteiger partial charge in [0.15, 0.2) is 0 Å². The second kappa shape index (κ2) is 6.67. The van der Waals surface area contributed by atoms with Crippen LogP contribution in [0.15, 0.2) is 54.6 Å². The summed E-state index contributed by atoms with van der Waals surface area (Å²) in [5.74, 6) is 1.70. The molecular weight excluding hydrogens is 306 g/mol. The molecule has 0 bridgehead atoms. The highest BCUT2D eigenvalue weighted by atomic mass is 15.0. The molecule has 0 unspecified atom stereocenters. The monoisotopic (exact) mass is 329 g/mol. The van der Waals surface area contributed by atoms with Crippen molar-refractivity contribution in [3.05, 3.63) is 77.1 Å². The SMILES string of the molecule is Cc1cccc(-c2cc(N[C@@H]3CCCc4ccccc43)nc(C)n2)c1. The molecule has 0 spiro atoms. The molecule has 3 nitrogen and oxygen atoms in total. The van der Waals surface area contributed by atoms with Gasteiger partial charge >= 0.3 is 0 Å². The van der Waals surface area contributed by atoms with Crippen LogP contribution < -0.4 is 5.32 Å². The molecule has 1 aliphatic rings. The van der Waals surface area contributed by atoms with Crippen molar-refractivity contribution in [2.75, 3.05) is 5.32 Å². The van der Waals surface area contributed by atoms with E-state index in [0.29, 0.717) is 6.04 Å². The molecule has 3 heteroatoms. The molecule has 1 atom stereocenters. The Morgan fingerprint density at radius 2 is 1.84 bits per heavy atom. The fourth-order valence-corrected chi connectivity index (χ4v) is 3.68. The van der Waals surface area contributed by atoms with Crippen LogP contribution in [0.25, 0.3) is 11.3 Å². The minimum Gasteiger partial charge on any atom is -0.363 e. The summed E-state index contributed by atoms with van der Waals surface area (Å²) in [7, 11) is 0. The molecular formula is C22H23N3. The predicted molar refractivity (Wildman–Crippen MR) is 103 cm³/mol. The number of fused-ring (bicyclic) bond motifs is 1. The summed E-state index contributed by atoms with van der Waals surface area (Å²) in [5, 5.41) is 3.65. The summed E-state index contributed by atoms with van der Waals surface area (Å²) in [6.07, 6.45) is 3.52. The van der Waals surface area contributed by atoms with Crippen LogP contribution >= 0.6 is 0 Å². The molecule has 1 aliphatic carbocycles. The minimum atomic E-state index is 0.324. The van der Waals surface area contributed by atoms with Gasteiger partial charge in [0, 0.05) is 11.6 Å². The number of aryl methyl sites for hydroxylation is 3. The maximum absolute atomic E-state index is 4.63. The van der Waals surface area contributed by atoms with Crippen LogP contribution in [0.3, 0.4) is 0 Å². The lowest BCUT2D eigenvalue weighted by molar-refractivity contribution is 0.598. The van der Waals surface area contributed by atoms with E-state index in [1.807, 2.05) is 6.92 Å². The van der Waals surface area contributed by atoms with Crippen LogP contribution in [0.5, 0.6) is 0 Å². The summed E-state index contributed by atoms with van der Waals surface area (Å²) in [5.41, 5.74) is 6.21. The number of hydrogen-bond donors (Lipinski definition) is 1. The Hall–Kier alpha value is -2.68. The number of hydrogen-bond acceptors (Lipinski definition) is 3. The fourth-order valence-electron chi connectivity index (χ4n) is 3.68. The Balaban J connectivity index is 1.66. The highest BCUT2D eigenvalue weighted by Gasteiger charge is 2.20. The molecule has 1 aromatic heterocycles. The van der Waals surface area contributed by atoms with E-state index < -0.39 is 0 Å². The topological polar surface area (TPSA) is 37.8 Å². The fraction of sp³-hybridized carbons (Fsp3) is 0.273. The Bertz CT molecular complexity index is 901. The zero-order chi connectivity index (χ0) is 17.2. The quantitative estimate of drug-likeness (QED) is 0.713. The van der Waals surface area contributed by atoms with E-state index in [4.69, 9.17) is 0 Å². The van der Waals surface area contributed by atoms with Crippen molar-refractivity contribution >= 4 is 5.82 Å². The molecule has 0 saturated heterocycles. The Kier molecular flexibility index (Phi) is 4.22. The van der Waals surface area contributed by atoms with Crippen molar-refractivity contribution in [1.82, 2.24) is 9.97 Å². The van der Waals surface area contributed by atoms with Gasteiger partial charge in [-0.2, -0.15) is 0 Å². The Morgan fingerprint density at radius 3 is 2.72 bits per heavy atom. The van der Waals surface area contributed by atoms with Gasteiger partial charge in [0.25, 0.3) is 0 Å². The van der Waals surface area contributed by atoms with E-state index in [-0.39, 0.29) is 0 Å². The van der Waals surface area contributed by atoms with Crippen LogP contribution in [0.2, 0.25) is 0 Å². The highest BCUT2D eigenvalue weighted by molar-refractivity contribution is 5.63. The molecule has 0 fully saturated rings. The molecule has 3 aromatic rings. The van der Waals surface area contributed by atoms with Crippen molar-refractivity contribution in [1.29, 1.82) is 0 Å². The maximum Gasteiger partial charge on any atom is 0.130 e. The predicted octanol–water partition coefficient (Wildman–Crippen LogP) is 5.25. The zero-order valence-electron chi connectivity index (χ0n) is 14.8. The smallest absolute Gasteiger partial charge is 0.130 e. The molecule has 25 heavy (non-hydrogen) atoms. The number of benzene rings is 2. The summed E-state index contributed by atoms with van der Waals surface area (Å²) in [6.45, 7) is 4.06. The van der Waals surface area contributed by atoms with Crippen molar-refractivity contribution in [2.45, 2.75) is 39.2 Å². The largest absolute Gasteiger partial charge is 0.363 e. The molecule has 126 valence electrons. The van der Waals surface area contributed by atoms with E-state index in [0.717, 1.165) is 29.3 Å². The van der Waals surface area contributed by atoms with Gasteiger partial charge in [0.1, 0.15) is 11.6 Å². The zero-order valence-corrected chi connectivity index (χ0v) is 14.8. The van der Waals surface area contributed by atoms with Crippen LogP contribution in [0, 0.1) is 13.8 Å². The van der Waals surface area contributed by atoms with Crippen molar-refractivity contribution in [3.8, 4) is 11.3 Å². The van der Waals surface area contributed by atoms with Crippen LogP contribution in [-0.4, -0.2) is 9.97 Å². The van der Waals surface area contributed by atoms with Gasteiger partial charge < -0.3 is 5.32 Å². The third kappa shape index (κ3) is 3.41. The lowest BCUT2D eigenvalue weighted by Crippen LogP contribution is -2.18. The third-order valence-electron chi connectivity index (χ3n) is 4.84. The van der Waals surface area contributed by atoms with Gasteiger partial charge in [-0.25, -0.2) is 9.97 Å². The average molecular weight is 329 g/mol. The number of anilines is 1. The molecule has 0 amide bonds. The molecule has 1 heterocycles. The van der Waals surface area contributed by atoms with E-state index in [2.05, 4.69) is 76.8 Å². The Labute approximate surface area is 149 Å². The average Bonchev–Trinajstić information content (AvgIpc) is 2.62. The first kappa shape index (κ1) is 15.8. The van der Waals surface area contributed by atoms with Gasteiger partial charge in [-0.05, 0) is 50.3 Å². The van der Waals surface area contributed by atoms with E-state index in [1.165, 1.54) is 29.5 Å². The molecule has 0 saturated carbocycles. The minimum absolute atomic E-state index is 0.324. The Morgan fingerprint density at radius 1 is 0.960 bits per heavy atom. The first-order chi connectivity index (χ1) is 12.2. The highest BCUT2D eigenvalue weighted by Crippen LogP contribution is 2.32. The van der Waals surface area contributed by atoms with E-state index in [1.54, 1.807) is 0 Å².